The molecule has 0 saturated heterocycles. The number of aryl methyl sites for hydroxylation is 1. The molecule has 0 spiro atoms. The molecule has 0 fully saturated rings. The van der Waals surface area contributed by atoms with E-state index >= 15 is 0 Å². The lowest BCUT2D eigenvalue weighted by Gasteiger charge is -2.05. The normalized spacial score (nSPS) is 10.7. The van der Waals surface area contributed by atoms with E-state index in [0.717, 1.165) is 30.2 Å². The average molecular weight is 558 g/mol. The predicted molar refractivity (Wildman–Crippen MR) is 157 cm³/mol. The number of unbranched alkanes of at least 4 members (excludes halogenated alkanes) is 6. The van der Waals surface area contributed by atoms with E-state index in [1.165, 1.54) is 57.3 Å². The zero-order chi connectivity index (χ0) is 28.6. The largest absolute Gasteiger partial charge is 0.464 e. The summed E-state index contributed by atoms with van der Waals surface area (Å²) in [6, 6.07) is 21.4. The van der Waals surface area contributed by atoms with E-state index in [2.05, 4.69) is 59.0 Å². The van der Waals surface area contributed by atoms with Crippen molar-refractivity contribution in [3.8, 4) is 23.7 Å². The van der Waals surface area contributed by atoms with Gasteiger partial charge in [-0.25, -0.2) is 9.78 Å². The van der Waals surface area contributed by atoms with Crippen LogP contribution in [0.4, 0.5) is 0 Å². The second-order valence-electron chi connectivity index (χ2n) is 9.43. The fourth-order valence-electron chi connectivity index (χ4n) is 3.95. The molecule has 0 atom stereocenters. The number of nitrogens with zero attached hydrogens (tertiary/aromatic N) is 1. The van der Waals surface area contributed by atoms with Crippen LogP contribution in [0.1, 0.15) is 83.4 Å². The van der Waals surface area contributed by atoms with Crippen molar-refractivity contribution in [3.63, 3.8) is 0 Å². The van der Waals surface area contributed by atoms with Crippen LogP contribution in [0.25, 0.3) is 0 Å². The topological polar surface area (TPSA) is 82.6 Å². The molecule has 0 amide bonds. The van der Waals surface area contributed by atoms with Gasteiger partial charge in [-0.2, -0.15) is 8.42 Å². The maximum atomic E-state index is 12.0. The van der Waals surface area contributed by atoms with Gasteiger partial charge in [0, 0.05) is 23.1 Å². The van der Waals surface area contributed by atoms with Crippen LogP contribution in [0, 0.1) is 23.7 Å². The highest BCUT2D eigenvalue weighted by atomic mass is 32.2. The number of methoxy groups -OCH3 is 1. The minimum Gasteiger partial charge on any atom is -0.464 e. The van der Waals surface area contributed by atoms with Gasteiger partial charge in [-0.15, -0.1) is 0 Å². The monoisotopic (exact) mass is 557 g/mol. The van der Waals surface area contributed by atoms with Crippen molar-refractivity contribution in [2.45, 2.75) is 58.0 Å². The number of hydrogen-bond acceptors (Lipinski definition) is 6. The third-order valence-electron chi connectivity index (χ3n) is 6.02. The molecule has 0 aliphatic carbocycles. The van der Waals surface area contributed by atoms with Crippen molar-refractivity contribution in [1.29, 1.82) is 0 Å². The molecule has 6 nitrogen and oxygen atoms in total. The summed E-state index contributed by atoms with van der Waals surface area (Å²) in [7, 11) is -2.42. The van der Waals surface area contributed by atoms with E-state index in [1.807, 2.05) is 24.3 Å². The smallest absolute Gasteiger partial charge is 0.356 e. The highest BCUT2D eigenvalue weighted by molar-refractivity contribution is 7.85. The van der Waals surface area contributed by atoms with Crippen molar-refractivity contribution >= 4 is 16.1 Å². The number of hydrogen-bond donors (Lipinski definition) is 0. The number of aromatic nitrogens is 1. The molecule has 0 saturated carbocycles. The lowest BCUT2D eigenvalue weighted by molar-refractivity contribution is 0.0593. The maximum Gasteiger partial charge on any atom is 0.356 e. The Labute approximate surface area is 238 Å². The van der Waals surface area contributed by atoms with E-state index in [9.17, 15) is 13.2 Å². The fraction of sp³-hybridized carbons (Fsp3) is 0.333. The molecule has 0 unspecified atom stereocenters. The first-order valence-corrected chi connectivity index (χ1v) is 15.2. The lowest BCUT2D eigenvalue weighted by Crippen LogP contribution is -2.09. The molecule has 0 N–H and O–H groups in total. The van der Waals surface area contributed by atoms with Crippen LogP contribution in [-0.4, -0.2) is 32.7 Å². The van der Waals surface area contributed by atoms with E-state index in [0.29, 0.717) is 5.56 Å². The summed E-state index contributed by atoms with van der Waals surface area (Å²) >= 11 is 0. The summed E-state index contributed by atoms with van der Waals surface area (Å²) in [5, 5.41) is 0. The SMILES string of the molecule is COC(=O)c1cc(C#Cc2ccc(C#CCCCCCCCCc3ccccc3)cc2)cc(COS(C)(=O)=O)n1. The Morgan fingerprint density at radius 1 is 0.800 bits per heavy atom. The minimum absolute atomic E-state index is 0.0232. The van der Waals surface area contributed by atoms with Crippen molar-refractivity contribution in [3.05, 3.63) is 100 Å². The quantitative estimate of drug-likeness (QED) is 0.116. The molecule has 3 rings (SSSR count). The zero-order valence-corrected chi connectivity index (χ0v) is 23.9. The molecule has 40 heavy (non-hydrogen) atoms. The highest BCUT2D eigenvalue weighted by Gasteiger charge is 2.12. The van der Waals surface area contributed by atoms with Gasteiger partial charge >= 0.3 is 5.97 Å². The summed E-state index contributed by atoms with van der Waals surface area (Å²) in [5.74, 6) is 11.9. The Morgan fingerprint density at radius 3 is 2.10 bits per heavy atom. The summed E-state index contributed by atoms with van der Waals surface area (Å²) in [4.78, 5) is 16.1. The number of esters is 1. The second kappa shape index (κ2) is 16.3. The Bertz CT molecular complexity index is 1480. The summed E-state index contributed by atoms with van der Waals surface area (Å²) in [6.07, 6.45) is 10.4. The lowest BCUT2D eigenvalue weighted by atomic mass is 10.0. The van der Waals surface area contributed by atoms with Crippen molar-refractivity contribution < 1.29 is 22.1 Å². The Hall–Kier alpha value is -3.91. The van der Waals surface area contributed by atoms with Crippen LogP contribution < -0.4 is 0 Å². The van der Waals surface area contributed by atoms with E-state index in [-0.39, 0.29) is 18.0 Å². The Kier molecular flexibility index (Phi) is 12.4. The second-order valence-corrected chi connectivity index (χ2v) is 11.1. The number of carbonyl (C=O) groups excluding carboxylic acids is 1. The highest BCUT2D eigenvalue weighted by Crippen LogP contribution is 2.12. The van der Waals surface area contributed by atoms with Gasteiger partial charge in [0.15, 0.2) is 0 Å². The van der Waals surface area contributed by atoms with Crippen LogP contribution in [0.2, 0.25) is 0 Å². The molecule has 208 valence electrons. The van der Waals surface area contributed by atoms with Crippen LogP contribution in [0.3, 0.4) is 0 Å². The Morgan fingerprint density at radius 2 is 1.43 bits per heavy atom. The molecular weight excluding hydrogens is 522 g/mol. The van der Waals surface area contributed by atoms with Crippen LogP contribution >= 0.6 is 0 Å². The van der Waals surface area contributed by atoms with Gasteiger partial charge < -0.3 is 4.74 Å². The number of benzene rings is 2. The molecule has 1 heterocycles. The molecular formula is C33H35NO5S. The molecule has 0 radical (unpaired) electrons. The van der Waals surface area contributed by atoms with Gasteiger partial charge in [-0.05, 0) is 61.2 Å². The third-order valence-corrected chi connectivity index (χ3v) is 6.57. The van der Waals surface area contributed by atoms with Crippen LogP contribution in [0.15, 0.2) is 66.7 Å². The first-order chi connectivity index (χ1) is 19.3. The summed E-state index contributed by atoms with van der Waals surface area (Å²) < 4.78 is 32.2. The van der Waals surface area contributed by atoms with E-state index in [1.54, 1.807) is 6.07 Å². The number of carbonyl (C=O) groups is 1. The van der Waals surface area contributed by atoms with Crippen molar-refractivity contribution in [2.24, 2.45) is 0 Å². The number of ether oxygens (including phenoxy) is 1. The van der Waals surface area contributed by atoms with Gasteiger partial charge in [-0.1, -0.05) is 79.7 Å². The molecule has 1 aromatic heterocycles. The molecule has 0 bridgehead atoms. The average Bonchev–Trinajstić information content (AvgIpc) is 2.96. The van der Waals surface area contributed by atoms with Gasteiger partial charge in [0.05, 0.1) is 19.1 Å². The van der Waals surface area contributed by atoms with Gasteiger partial charge in [0.25, 0.3) is 10.1 Å². The van der Waals surface area contributed by atoms with Crippen molar-refractivity contribution in [1.82, 2.24) is 4.98 Å². The zero-order valence-electron chi connectivity index (χ0n) is 23.1. The van der Waals surface area contributed by atoms with E-state index in [4.69, 9.17) is 8.92 Å². The summed E-state index contributed by atoms with van der Waals surface area (Å²) in [6.45, 7) is -0.305. The third kappa shape index (κ3) is 11.9. The van der Waals surface area contributed by atoms with Crippen LogP contribution in [0.5, 0.6) is 0 Å². The first kappa shape index (κ1) is 30.6. The van der Waals surface area contributed by atoms with Gasteiger partial charge in [0.1, 0.15) is 12.3 Å². The molecule has 0 aliphatic rings. The maximum absolute atomic E-state index is 12.0. The first-order valence-electron chi connectivity index (χ1n) is 13.4. The molecule has 3 aromatic rings. The van der Waals surface area contributed by atoms with Gasteiger partial charge in [0.2, 0.25) is 0 Å². The molecule has 7 heteroatoms. The molecule has 2 aromatic carbocycles. The van der Waals surface area contributed by atoms with Crippen LogP contribution in [-0.2, 0) is 32.1 Å². The number of rotatable bonds is 12. The van der Waals surface area contributed by atoms with Crippen molar-refractivity contribution in [2.75, 3.05) is 13.4 Å². The number of pyridine rings is 1. The Balaban J connectivity index is 1.45. The van der Waals surface area contributed by atoms with E-state index < -0.39 is 16.1 Å². The predicted octanol–water partition coefficient (Wildman–Crippen LogP) is 6.07. The minimum atomic E-state index is -3.66. The molecule has 0 aliphatic heterocycles. The van der Waals surface area contributed by atoms with Gasteiger partial charge in [-0.3, -0.25) is 4.18 Å². The fourth-order valence-corrected chi connectivity index (χ4v) is 4.29. The standard InChI is InChI=1S/C33H35NO5S/c1-38-33(35)32-25-30(24-31(34-32)26-39-40(2,36)37)23-22-29-20-18-28(19-21-29)17-11-8-6-4-3-5-7-10-14-27-15-12-9-13-16-27/h9,12-13,15-16,18-21,24-25H,3-8,10,14,26H2,1-2H3. The summed E-state index contributed by atoms with van der Waals surface area (Å²) in [5.41, 5.74) is 3.91.